The van der Waals surface area contributed by atoms with Crippen LogP contribution in [0.15, 0.2) is 53.6 Å². The van der Waals surface area contributed by atoms with E-state index in [9.17, 15) is 4.79 Å². The van der Waals surface area contributed by atoms with Crippen LogP contribution in [0.4, 0.5) is 0 Å². The van der Waals surface area contributed by atoms with Gasteiger partial charge in [-0.2, -0.15) is 14.9 Å². The highest BCUT2D eigenvalue weighted by Gasteiger charge is 2.09. The second-order valence-corrected chi connectivity index (χ2v) is 5.96. The van der Waals surface area contributed by atoms with Crippen LogP contribution in [-0.4, -0.2) is 38.8 Å². The molecule has 0 unspecified atom stereocenters. The van der Waals surface area contributed by atoms with Gasteiger partial charge in [0.05, 0.1) is 6.21 Å². The number of aromatic nitrogens is 3. The van der Waals surface area contributed by atoms with Crippen molar-refractivity contribution in [2.24, 2.45) is 5.10 Å². The first-order valence-corrected chi connectivity index (χ1v) is 8.24. The number of para-hydroxylation sites is 1. The highest BCUT2D eigenvalue weighted by Crippen LogP contribution is 2.20. The van der Waals surface area contributed by atoms with Gasteiger partial charge in [-0.1, -0.05) is 23.7 Å². The molecule has 0 saturated carbocycles. The Morgan fingerprint density at radius 2 is 2.04 bits per heavy atom. The number of carbonyl (C=O) groups is 1. The van der Waals surface area contributed by atoms with Crippen LogP contribution >= 0.6 is 23.8 Å². The molecule has 0 bridgehead atoms. The number of carboxylic acid groups (broad SMARTS) is 1. The Morgan fingerprint density at radius 3 is 2.77 bits per heavy atom. The van der Waals surface area contributed by atoms with E-state index < -0.39 is 12.6 Å². The largest absolute Gasteiger partial charge is 0.481 e. The van der Waals surface area contributed by atoms with E-state index in [1.807, 2.05) is 12.1 Å². The second kappa shape index (κ2) is 7.94. The molecule has 0 spiro atoms. The summed E-state index contributed by atoms with van der Waals surface area (Å²) in [5, 5.41) is 20.6. The fourth-order valence-corrected chi connectivity index (χ4v) is 2.47. The fourth-order valence-electron chi connectivity index (χ4n) is 2.16. The molecule has 3 aromatic rings. The molecule has 2 aromatic carbocycles. The summed E-state index contributed by atoms with van der Waals surface area (Å²) in [5.41, 5.74) is 1.40. The maximum atomic E-state index is 10.7. The number of benzene rings is 2. The Bertz CT molecular complexity index is 1010. The lowest BCUT2D eigenvalue weighted by Crippen LogP contribution is -2.10. The molecule has 9 heteroatoms. The number of halogens is 1. The van der Waals surface area contributed by atoms with Crippen molar-refractivity contribution >= 4 is 36.0 Å². The van der Waals surface area contributed by atoms with E-state index in [1.54, 1.807) is 36.4 Å². The van der Waals surface area contributed by atoms with Crippen molar-refractivity contribution in [1.82, 2.24) is 14.9 Å². The lowest BCUT2D eigenvalue weighted by molar-refractivity contribution is -0.139. The Hall–Kier alpha value is -2.97. The number of rotatable bonds is 6. The molecule has 0 aliphatic heterocycles. The van der Waals surface area contributed by atoms with Crippen LogP contribution in [-0.2, 0) is 4.79 Å². The smallest absolute Gasteiger partial charge is 0.341 e. The Morgan fingerprint density at radius 1 is 1.31 bits per heavy atom. The lowest BCUT2D eigenvalue weighted by Gasteiger charge is -2.06. The SMILES string of the molecule is O=C(O)COc1ccccc1C=Nn1c(-c2ccc(Cl)cc2)n[nH]c1=S. The number of hydrogen-bond acceptors (Lipinski definition) is 5. The van der Waals surface area contributed by atoms with Crippen molar-refractivity contribution in [3.63, 3.8) is 0 Å². The zero-order valence-electron chi connectivity index (χ0n) is 13.3. The molecule has 0 aliphatic rings. The summed E-state index contributed by atoms with van der Waals surface area (Å²) in [4.78, 5) is 10.7. The molecule has 26 heavy (non-hydrogen) atoms. The molecular weight excluding hydrogens is 376 g/mol. The standard InChI is InChI=1S/C17H13ClN4O3S/c18-13-7-5-11(6-8-13)16-20-21-17(26)22(16)19-9-12-3-1-2-4-14(12)25-10-15(23)24/h1-9H,10H2,(H,21,26)(H,23,24). The predicted octanol–water partition coefficient (Wildman–Crippen LogP) is 3.61. The van der Waals surface area contributed by atoms with Gasteiger partial charge in [0, 0.05) is 16.1 Å². The van der Waals surface area contributed by atoms with Gasteiger partial charge in [0.1, 0.15) is 5.75 Å². The second-order valence-electron chi connectivity index (χ2n) is 5.14. The number of aliphatic carboxylic acids is 1. The zero-order valence-corrected chi connectivity index (χ0v) is 14.9. The van der Waals surface area contributed by atoms with Gasteiger partial charge in [-0.25, -0.2) is 9.89 Å². The van der Waals surface area contributed by atoms with Crippen LogP contribution in [0.5, 0.6) is 5.75 Å². The minimum Gasteiger partial charge on any atom is -0.481 e. The van der Waals surface area contributed by atoms with E-state index in [-0.39, 0.29) is 0 Å². The number of ether oxygens (including phenoxy) is 1. The summed E-state index contributed by atoms with van der Waals surface area (Å²) in [5.74, 6) is -0.132. The summed E-state index contributed by atoms with van der Waals surface area (Å²) < 4.78 is 7.04. The molecule has 7 nitrogen and oxygen atoms in total. The maximum absolute atomic E-state index is 10.7. The molecule has 132 valence electrons. The molecule has 0 atom stereocenters. The number of nitrogens with one attached hydrogen (secondary N) is 1. The highest BCUT2D eigenvalue weighted by atomic mass is 35.5. The Kier molecular flexibility index (Phi) is 5.45. The van der Waals surface area contributed by atoms with Gasteiger partial charge >= 0.3 is 5.97 Å². The molecule has 0 radical (unpaired) electrons. The van der Waals surface area contributed by atoms with Gasteiger partial charge in [0.2, 0.25) is 4.77 Å². The summed E-state index contributed by atoms with van der Waals surface area (Å²) in [7, 11) is 0. The average molecular weight is 389 g/mol. The van der Waals surface area contributed by atoms with Crippen molar-refractivity contribution in [1.29, 1.82) is 0 Å². The van der Waals surface area contributed by atoms with Crippen LogP contribution in [0.3, 0.4) is 0 Å². The summed E-state index contributed by atoms with van der Waals surface area (Å²) in [6.07, 6.45) is 1.53. The van der Waals surface area contributed by atoms with E-state index in [4.69, 9.17) is 33.7 Å². The molecule has 3 rings (SSSR count). The monoisotopic (exact) mass is 388 g/mol. The van der Waals surface area contributed by atoms with Crippen molar-refractivity contribution in [2.75, 3.05) is 6.61 Å². The predicted molar refractivity (Wildman–Crippen MR) is 100 cm³/mol. The first-order valence-electron chi connectivity index (χ1n) is 7.46. The van der Waals surface area contributed by atoms with Crippen LogP contribution < -0.4 is 4.74 Å². The minimum absolute atomic E-state index is 0.315. The number of carboxylic acids is 1. The maximum Gasteiger partial charge on any atom is 0.341 e. The third-order valence-electron chi connectivity index (χ3n) is 3.34. The number of aromatic amines is 1. The van der Waals surface area contributed by atoms with E-state index >= 15 is 0 Å². The van der Waals surface area contributed by atoms with Gasteiger partial charge in [-0.15, -0.1) is 0 Å². The minimum atomic E-state index is -1.06. The van der Waals surface area contributed by atoms with E-state index in [1.165, 1.54) is 10.9 Å². The first kappa shape index (κ1) is 17.8. The molecule has 1 heterocycles. The van der Waals surface area contributed by atoms with E-state index in [0.717, 1.165) is 5.56 Å². The normalized spacial score (nSPS) is 11.0. The van der Waals surface area contributed by atoms with Crippen molar-refractivity contribution < 1.29 is 14.6 Å². The van der Waals surface area contributed by atoms with E-state index in [2.05, 4.69) is 15.3 Å². The van der Waals surface area contributed by atoms with Crippen LogP contribution in [0.1, 0.15) is 5.56 Å². The molecule has 2 N–H and O–H groups in total. The fraction of sp³-hybridized carbons (Fsp3) is 0.0588. The van der Waals surface area contributed by atoms with Crippen LogP contribution in [0.2, 0.25) is 5.02 Å². The average Bonchev–Trinajstić information content (AvgIpc) is 3.00. The van der Waals surface area contributed by atoms with E-state index in [0.29, 0.717) is 26.9 Å². The molecule has 1 aromatic heterocycles. The highest BCUT2D eigenvalue weighted by molar-refractivity contribution is 7.71. The van der Waals surface area contributed by atoms with Crippen LogP contribution in [0, 0.1) is 4.77 Å². The van der Waals surface area contributed by atoms with Crippen molar-refractivity contribution in [2.45, 2.75) is 0 Å². The molecule has 0 aliphatic carbocycles. The number of hydrogen-bond donors (Lipinski definition) is 2. The summed E-state index contributed by atoms with van der Waals surface area (Å²) >= 11 is 11.1. The number of nitrogens with zero attached hydrogens (tertiary/aromatic N) is 3. The Balaban J connectivity index is 1.93. The van der Waals surface area contributed by atoms with Gasteiger partial charge in [0.15, 0.2) is 12.4 Å². The van der Waals surface area contributed by atoms with Gasteiger partial charge in [0.25, 0.3) is 0 Å². The third kappa shape index (κ3) is 4.16. The lowest BCUT2D eigenvalue weighted by atomic mass is 10.2. The topological polar surface area (TPSA) is 92.5 Å². The quantitative estimate of drug-likeness (QED) is 0.497. The molecule has 0 saturated heterocycles. The molecule has 0 amide bonds. The molecular formula is C17H13ClN4O3S. The van der Waals surface area contributed by atoms with Gasteiger partial charge < -0.3 is 9.84 Å². The Labute approximate surface area is 158 Å². The van der Waals surface area contributed by atoms with Crippen molar-refractivity contribution in [3.05, 3.63) is 63.9 Å². The van der Waals surface area contributed by atoms with Crippen molar-refractivity contribution in [3.8, 4) is 17.1 Å². The third-order valence-corrected chi connectivity index (χ3v) is 3.85. The van der Waals surface area contributed by atoms with Gasteiger partial charge in [-0.05, 0) is 48.6 Å². The van der Waals surface area contributed by atoms with Crippen LogP contribution in [0.25, 0.3) is 11.4 Å². The summed E-state index contributed by atoms with van der Waals surface area (Å²) in [6, 6.07) is 14.1. The molecule has 0 fully saturated rings. The zero-order chi connectivity index (χ0) is 18.5. The first-order chi connectivity index (χ1) is 12.5. The summed E-state index contributed by atoms with van der Waals surface area (Å²) in [6.45, 7) is -0.438. The number of H-pyrrole nitrogens is 1. The van der Waals surface area contributed by atoms with Gasteiger partial charge in [-0.3, -0.25) is 0 Å².